The highest BCUT2D eigenvalue weighted by molar-refractivity contribution is 9.10. The minimum absolute atomic E-state index is 0.0332. The number of alkyl halides is 2. The first-order valence-electron chi connectivity index (χ1n) is 8.52. The molecule has 0 bridgehead atoms. The molecule has 1 saturated heterocycles. The van der Waals surface area contributed by atoms with E-state index in [1.807, 2.05) is 12.1 Å². The summed E-state index contributed by atoms with van der Waals surface area (Å²) in [4.78, 5) is 26.7. The third-order valence-corrected chi connectivity index (χ3v) is 5.09. The number of rotatable bonds is 4. The number of aryl methyl sites for hydroxylation is 1. The molecule has 1 fully saturated rings. The number of hydrogen-bond donors (Lipinski definition) is 1. The predicted octanol–water partition coefficient (Wildman–Crippen LogP) is 3.61. The molecule has 2 heterocycles. The van der Waals surface area contributed by atoms with Crippen LogP contribution in [0.4, 0.5) is 14.5 Å². The van der Waals surface area contributed by atoms with Crippen LogP contribution in [0.1, 0.15) is 35.3 Å². The summed E-state index contributed by atoms with van der Waals surface area (Å²) in [5.41, 5.74) is 0.192. The summed E-state index contributed by atoms with van der Waals surface area (Å²) in [6.45, 7) is 0.892. The number of anilines is 1. The number of nitrogens with zero attached hydrogens (tertiary/aromatic N) is 3. The maximum Gasteiger partial charge on any atom is 0.284 e. The van der Waals surface area contributed by atoms with E-state index in [1.165, 1.54) is 17.9 Å². The zero-order valence-corrected chi connectivity index (χ0v) is 16.2. The van der Waals surface area contributed by atoms with Gasteiger partial charge in [0.2, 0.25) is 5.91 Å². The van der Waals surface area contributed by atoms with Crippen molar-refractivity contribution in [1.29, 1.82) is 0 Å². The number of amides is 2. The Labute approximate surface area is 163 Å². The summed E-state index contributed by atoms with van der Waals surface area (Å²) in [7, 11) is 1.52. The third kappa shape index (κ3) is 4.52. The average Bonchev–Trinajstić information content (AvgIpc) is 3.02. The van der Waals surface area contributed by atoms with Crippen molar-refractivity contribution in [2.24, 2.45) is 13.0 Å². The summed E-state index contributed by atoms with van der Waals surface area (Å²) >= 11 is 3.33. The first-order valence-corrected chi connectivity index (χ1v) is 9.32. The van der Waals surface area contributed by atoms with E-state index < -0.39 is 12.1 Å². The molecule has 0 saturated carbocycles. The Kier molecular flexibility index (Phi) is 5.88. The summed E-state index contributed by atoms with van der Waals surface area (Å²) in [5.74, 6) is -0.723. The van der Waals surface area contributed by atoms with Crippen molar-refractivity contribution in [3.8, 4) is 0 Å². The molecule has 0 atom stereocenters. The quantitative estimate of drug-likeness (QED) is 0.789. The Morgan fingerprint density at radius 1 is 1.22 bits per heavy atom. The molecule has 0 spiro atoms. The molecule has 2 amide bonds. The van der Waals surface area contributed by atoms with Gasteiger partial charge in [-0.15, -0.1) is 0 Å². The van der Waals surface area contributed by atoms with E-state index in [2.05, 4.69) is 26.3 Å². The van der Waals surface area contributed by atoms with Crippen LogP contribution in [0.3, 0.4) is 0 Å². The highest BCUT2D eigenvalue weighted by atomic mass is 79.9. The van der Waals surface area contributed by atoms with Crippen LogP contribution in [0, 0.1) is 5.92 Å². The molecule has 1 aromatic heterocycles. The van der Waals surface area contributed by atoms with Crippen LogP contribution in [0.25, 0.3) is 0 Å². The van der Waals surface area contributed by atoms with Crippen molar-refractivity contribution in [2.75, 3.05) is 18.4 Å². The molecular formula is C18H19BrF2N4O2. The van der Waals surface area contributed by atoms with E-state index in [0.29, 0.717) is 31.5 Å². The lowest BCUT2D eigenvalue weighted by atomic mass is 9.95. The van der Waals surface area contributed by atoms with Gasteiger partial charge in [0.25, 0.3) is 12.3 Å². The number of likely N-dealkylation sites (tertiary alicyclic amines) is 1. The van der Waals surface area contributed by atoms with Crippen LogP contribution in [-0.4, -0.2) is 39.6 Å². The van der Waals surface area contributed by atoms with Gasteiger partial charge in [-0.1, -0.05) is 15.9 Å². The molecule has 144 valence electrons. The van der Waals surface area contributed by atoms with Gasteiger partial charge in [-0.3, -0.25) is 14.3 Å². The largest absolute Gasteiger partial charge is 0.339 e. The van der Waals surface area contributed by atoms with Gasteiger partial charge in [0.1, 0.15) is 0 Å². The Morgan fingerprint density at radius 3 is 2.44 bits per heavy atom. The van der Waals surface area contributed by atoms with Gasteiger partial charge >= 0.3 is 0 Å². The minimum Gasteiger partial charge on any atom is -0.339 e. The predicted molar refractivity (Wildman–Crippen MR) is 99.6 cm³/mol. The lowest BCUT2D eigenvalue weighted by Crippen LogP contribution is -2.41. The molecule has 1 N–H and O–H groups in total. The third-order valence-electron chi connectivity index (χ3n) is 4.57. The SMILES string of the molecule is Cn1cc(NC(=O)C2CCN(C(=O)c3ccc(Br)cc3)CC2)c(C(F)F)n1. The molecule has 0 radical (unpaired) electrons. The smallest absolute Gasteiger partial charge is 0.284 e. The number of carbonyl (C=O) groups is 2. The summed E-state index contributed by atoms with van der Waals surface area (Å²) in [6, 6.07) is 7.11. The molecule has 1 aliphatic rings. The maximum absolute atomic E-state index is 13.0. The zero-order chi connectivity index (χ0) is 19.6. The molecule has 3 rings (SSSR count). The van der Waals surface area contributed by atoms with Crippen LogP contribution < -0.4 is 5.32 Å². The average molecular weight is 441 g/mol. The van der Waals surface area contributed by atoms with Crippen LogP contribution >= 0.6 is 15.9 Å². The van der Waals surface area contributed by atoms with Gasteiger partial charge < -0.3 is 10.2 Å². The maximum atomic E-state index is 13.0. The topological polar surface area (TPSA) is 67.2 Å². The first-order chi connectivity index (χ1) is 12.8. The molecule has 6 nitrogen and oxygen atoms in total. The fourth-order valence-corrected chi connectivity index (χ4v) is 3.38. The van der Waals surface area contributed by atoms with Gasteiger partial charge in [0, 0.05) is 42.3 Å². The molecule has 1 aromatic carbocycles. The van der Waals surface area contributed by atoms with Crippen LogP contribution in [-0.2, 0) is 11.8 Å². The molecule has 0 aliphatic carbocycles. The Hall–Kier alpha value is -2.29. The highest BCUT2D eigenvalue weighted by Crippen LogP contribution is 2.27. The number of benzene rings is 1. The normalized spacial score (nSPS) is 15.2. The van der Waals surface area contributed by atoms with E-state index in [0.717, 1.165) is 4.47 Å². The van der Waals surface area contributed by atoms with Gasteiger partial charge in [-0.05, 0) is 37.1 Å². The van der Waals surface area contributed by atoms with E-state index in [4.69, 9.17) is 0 Å². The Balaban J connectivity index is 1.58. The molecule has 9 heteroatoms. The number of carbonyl (C=O) groups excluding carboxylic acids is 2. The van der Waals surface area contributed by atoms with E-state index in [-0.39, 0.29) is 23.4 Å². The fraction of sp³-hybridized carbons (Fsp3) is 0.389. The van der Waals surface area contributed by atoms with E-state index in [9.17, 15) is 18.4 Å². The van der Waals surface area contributed by atoms with Crippen molar-refractivity contribution in [2.45, 2.75) is 19.3 Å². The fourth-order valence-electron chi connectivity index (χ4n) is 3.12. The monoisotopic (exact) mass is 440 g/mol. The van der Waals surface area contributed by atoms with Crippen LogP contribution in [0.2, 0.25) is 0 Å². The number of hydrogen-bond acceptors (Lipinski definition) is 3. The summed E-state index contributed by atoms with van der Waals surface area (Å²) < 4.78 is 28.1. The molecule has 1 aliphatic heterocycles. The van der Waals surface area contributed by atoms with Crippen molar-refractivity contribution in [1.82, 2.24) is 14.7 Å². The summed E-state index contributed by atoms with van der Waals surface area (Å²) in [6.07, 6.45) is -0.422. The lowest BCUT2D eigenvalue weighted by molar-refractivity contribution is -0.121. The molecule has 0 unspecified atom stereocenters. The lowest BCUT2D eigenvalue weighted by Gasteiger charge is -2.31. The van der Waals surface area contributed by atoms with Gasteiger partial charge in [-0.25, -0.2) is 8.78 Å². The van der Waals surface area contributed by atoms with E-state index in [1.54, 1.807) is 17.0 Å². The van der Waals surface area contributed by atoms with Crippen LogP contribution in [0.15, 0.2) is 34.9 Å². The second-order valence-corrected chi connectivity index (χ2v) is 7.38. The van der Waals surface area contributed by atoms with E-state index >= 15 is 0 Å². The Bertz CT molecular complexity index is 830. The number of halogens is 3. The molecule has 27 heavy (non-hydrogen) atoms. The standard InChI is InChI=1S/C18H19BrF2N4O2/c1-24-10-14(15(23-24)16(20)21)22-17(26)11-6-8-25(9-7-11)18(27)12-2-4-13(19)5-3-12/h2-5,10-11,16H,6-9H2,1H3,(H,22,26). The second-order valence-electron chi connectivity index (χ2n) is 6.46. The highest BCUT2D eigenvalue weighted by Gasteiger charge is 2.29. The zero-order valence-electron chi connectivity index (χ0n) is 14.7. The number of aromatic nitrogens is 2. The molecule has 2 aromatic rings. The molecular weight excluding hydrogens is 422 g/mol. The first kappa shape index (κ1) is 19.5. The van der Waals surface area contributed by atoms with Crippen molar-refractivity contribution in [3.63, 3.8) is 0 Å². The van der Waals surface area contributed by atoms with Gasteiger partial charge in [0.05, 0.1) is 5.69 Å². The van der Waals surface area contributed by atoms with Gasteiger partial charge in [-0.2, -0.15) is 5.10 Å². The summed E-state index contributed by atoms with van der Waals surface area (Å²) in [5, 5.41) is 6.23. The van der Waals surface area contributed by atoms with Crippen molar-refractivity contribution < 1.29 is 18.4 Å². The number of piperidine rings is 1. The second kappa shape index (κ2) is 8.16. The van der Waals surface area contributed by atoms with Crippen molar-refractivity contribution in [3.05, 3.63) is 46.2 Å². The minimum atomic E-state index is -2.76. The van der Waals surface area contributed by atoms with Crippen molar-refractivity contribution >= 4 is 33.4 Å². The Morgan fingerprint density at radius 2 is 1.85 bits per heavy atom. The number of nitrogens with one attached hydrogen (secondary N) is 1. The van der Waals surface area contributed by atoms with Crippen LogP contribution in [0.5, 0.6) is 0 Å². The van der Waals surface area contributed by atoms with Gasteiger partial charge in [0.15, 0.2) is 5.69 Å².